The summed E-state index contributed by atoms with van der Waals surface area (Å²) in [5.74, 6) is -4.10. The van der Waals surface area contributed by atoms with Crippen LogP contribution in [0.25, 0.3) is 0 Å². The second-order valence-electron chi connectivity index (χ2n) is 3.25. The molecule has 1 aliphatic heterocycles. The van der Waals surface area contributed by atoms with Crippen LogP contribution in [-0.2, 0) is 14.4 Å². The molecule has 3 N–H and O–H groups in total. The van der Waals surface area contributed by atoms with Gasteiger partial charge in [0.15, 0.2) is 5.78 Å². The maximum absolute atomic E-state index is 10.8. The van der Waals surface area contributed by atoms with Crippen molar-refractivity contribution in [1.29, 1.82) is 0 Å². The summed E-state index contributed by atoms with van der Waals surface area (Å²) >= 11 is 0. The minimum absolute atomic E-state index is 0.0209. The Morgan fingerprint density at radius 2 is 1.76 bits per heavy atom. The van der Waals surface area contributed by atoms with Gasteiger partial charge in [0.05, 0.1) is 6.54 Å². The van der Waals surface area contributed by atoms with Gasteiger partial charge < -0.3 is 10.2 Å². The van der Waals surface area contributed by atoms with Crippen molar-refractivity contribution in [2.75, 3.05) is 6.54 Å². The summed E-state index contributed by atoms with van der Waals surface area (Å²) < 4.78 is 31.7. The highest BCUT2D eigenvalue weighted by molar-refractivity contribution is 5.92. The van der Waals surface area contributed by atoms with Crippen LogP contribution < -0.4 is 5.32 Å². The molecule has 1 heterocycles. The van der Waals surface area contributed by atoms with E-state index in [0.717, 1.165) is 0 Å². The number of Topliss-reactive ketones (excluding diaryl/α,β-unsaturated/α-hetero) is 1. The Morgan fingerprint density at radius 3 is 1.88 bits per heavy atom. The zero-order valence-electron chi connectivity index (χ0n) is 8.61. The van der Waals surface area contributed by atoms with Gasteiger partial charge in [-0.2, -0.15) is 13.2 Å². The molecule has 6 nitrogen and oxygen atoms in total. The fraction of sp³-hybridized carbons (Fsp3) is 0.625. The molecule has 1 saturated heterocycles. The molecule has 0 aromatic carbocycles. The minimum atomic E-state index is -5.08. The lowest BCUT2D eigenvalue weighted by atomic mass is 10.0. The lowest BCUT2D eigenvalue weighted by Gasteiger charge is -2.06. The zero-order valence-corrected chi connectivity index (χ0v) is 8.61. The summed E-state index contributed by atoms with van der Waals surface area (Å²) in [5.41, 5.74) is 0. The number of ketones is 1. The molecule has 0 aromatic rings. The predicted molar refractivity (Wildman–Crippen MR) is 47.3 cm³/mol. The zero-order chi connectivity index (χ0) is 13.8. The monoisotopic (exact) mass is 257 g/mol. The van der Waals surface area contributed by atoms with E-state index in [4.69, 9.17) is 15.0 Å². The molecule has 1 aliphatic rings. The highest BCUT2D eigenvalue weighted by atomic mass is 19.4. The molecule has 0 aromatic heterocycles. The first kappa shape index (κ1) is 15.4. The summed E-state index contributed by atoms with van der Waals surface area (Å²) in [7, 11) is 0. The Morgan fingerprint density at radius 1 is 1.35 bits per heavy atom. The van der Waals surface area contributed by atoms with Gasteiger partial charge in [0.2, 0.25) is 0 Å². The smallest absolute Gasteiger partial charge is 0.480 e. The van der Waals surface area contributed by atoms with E-state index in [-0.39, 0.29) is 18.2 Å². The standard InChI is InChI=1S/C6H9NO3.C2HF3O2/c1-3-4(8)2-7-5(3)6(9)10;3-2(4,5)1(6)7/h3,5,7H,2H2,1H3,(H,9,10);(H,6,7)/t3?,5-;/m0./s1. The number of alkyl halides is 3. The number of hydrogen-bond donors (Lipinski definition) is 3. The first-order chi connectivity index (χ1) is 7.57. The SMILES string of the molecule is CC1C(=O)CN[C@@H]1C(=O)O.O=C(O)C(F)(F)F. The highest BCUT2D eigenvalue weighted by Gasteiger charge is 2.38. The number of nitrogens with one attached hydrogen (secondary N) is 1. The summed E-state index contributed by atoms with van der Waals surface area (Å²) in [6.45, 7) is 1.82. The number of hydrogen-bond acceptors (Lipinski definition) is 4. The number of rotatable bonds is 1. The van der Waals surface area contributed by atoms with E-state index in [9.17, 15) is 22.8 Å². The van der Waals surface area contributed by atoms with Crippen molar-refractivity contribution in [1.82, 2.24) is 5.32 Å². The molecule has 0 amide bonds. The van der Waals surface area contributed by atoms with Crippen LogP contribution in [0.15, 0.2) is 0 Å². The third-order valence-corrected chi connectivity index (χ3v) is 2.01. The van der Waals surface area contributed by atoms with Crippen LogP contribution in [0.4, 0.5) is 13.2 Å². The van der Waals surface area contributed by atoms with E-state index in [2.05, 4.69) is 5.32 Å². The van der Waals surface area contributed by atoms with E-state index < -0.39 is 24.2 Å². The van der Waals surface area contributed by atoms with Gasteiger partial charge in [-0.3, -0.25) is 14.9 Å². The van der Waals surface area contributed by atoms with Crippen molar-refractivity contribution in [3.05, 3.63) is 0 Å². The summed E-state index contributed by atoms with van der Waals surface area (Å²) in [4.78, 5) is 30.0. The average Bonchev–Trinajstić information content (AvgIpc) is 2.46. The van der Waals surface area contributed by atoms with Crippen LogP contribution in [0.3, 0.4) is 0 Å². The molecule has 0 spiro atoms. The lowest BCUT2D eigenvalue weighted by molar-refractivity contribution is -0.192. The van der Waals surface area contributed by atoms with Gasteiger partial charge in [-0.05, 0) is 0 Å². The molecule has 0 saturated carbocycles. The van der Waals surface area contributed by atoms with Gasteiger partial charge in [0.1, 0.15) is 6.04 Å². The molecule has 2 atom stereocenters. The second-order valence-corrected chi connectivity index (χ2v) is 3.25. The second kappa shape index (κ2) is 5.62. The van der Waals surface area contributed by atoms with Crippen molar-refractivity contribution in [2.45, 2.75) is 19.1 Å². The first-order valence-electron chi connectivity index (χ1n) is 4.36. The van der Waals surface area contributed by atoms with Crippen molar-refractivity contribution in [3.8, 4) is 0 Å². The van der Waals surface area contributed by atoms with Crippen LogP contribution in [0, 0.1) is 5.92 Å². The Kier molecular flexibility index (Phi) is 5.08. The summed E-state index contributed by atoms with van der Waals surface area (Å²) in [6, 6.07) is -0.674. The number of carboxylic acids is 2. The fourth-order valence-electron chi connectivity index (χ4n) is 1.04. The van der Waals surface area contributed by atoms with Crippen LogP contribution >= 0.6 is 0 Å². The predicted octanol–water partition coefficient (Wildman–Crippen LogP) is -0.119. The van der Waals surface area contributed by atoms with Crippen molar-refractivity contribution < 1.29 is 37.8 Å². The summed E-state index contributed by atoms with van der Waals surface area (Å²) in [6.07, 6.45) is -5.08. The third kappa shape index (κ3) is 4.81. The maximum atomic E-state index is 10.8. The van der Waals surface area contributed by atoms with Crippen LogP contribution in [-0.4, -0.2) is 46.7 Å². The molecule has 1 fully saturated rings. The van der Waals surface area contributed by atoms with Crippen molar-refractivity contribution in [2.24, 2.45) is 5.92 Å². The van der Waals surface area contributed by atoms with Crippen LogP contribution in [0.1, 0.15) is 6.92 Å². The Bertz CT molecular complexity index is 328. The van der Waals surface area contributed by atoms with Crippen molar-refractivity contribution in [3.63, 3.8) is 0 Å². The van der Waals surface area contributed by atoms with Gasteiger partial charge >= 0.3 is 18.1 Å². The molecule has 9 heteroatoms. The molecule has 0 aliphatic carbocycles. The van der Waals surface area contributed by atoms with Gasteiger partial charge in [0.25, 0.3) is 0 Å². The summed E-state index contributed by atoms with van der Waals surface area (Å²) in [5, 5.41) is 18.2. The van der Waals surface area contributed by atoms with Gasteiger partial charge in [-0.1, -0.05) is 6.92 Å². The normalized spacial score (nSPS) is 23.9. The molecule has 1 unspecified atom stereocenters. The number of aliphatic carboxylic acids is 2. The van der Waals surface area contributed by atoms with Crippen LogP contribution in [0.5, 0.6) is 0 Å². The fourth-order valence-corrected chi connectivity index (χ4v) is 1.04. The van der Waals surface area contributed by atoms with Crippen molar-refractivity contribution >= 4 is 17.7 Å². The number of carbonyl (C=O) groups excluding carboxylic acids is 1. The number of carboxylic acid groups (broad SMARTS) is 2. The van der Waals surface area contributed by atoms with E-state index in [1.807, 2.05) is 0 Å². The molecule has 98 valence electrons. The van der Waals surface area contributed by atoms with Gasteiger partial charge in [0, 0.05) is 5.92 Å². The largest absolute Gasteiger partial charge is 0.490 e. The maximum Gasteiger partial charge on any atom is 0.490 e. The first-order valence-corrected chi connectivity index (χ1v) is 4.36. The Hall–Kier alpha value is -1.64. The van der Waals surface area contributed by atoms with E-state index in [0.29, 0.717) is 0 Å². The quantitative estimate of drug-likeness (QED) is 0.605. The van der Waals surface area contributed by atoms with Crippen LogP contribution in [0.2, 0.25) is 0 Å². The Labute approximate surface area is 93.4 Å². The van der Waals surface area contributed by atoms with Gasteiger partial charge in [-0.15, -0.1) is 0 Å². The van der Waals surface area contributed by atoms with E-state index >= 15 is 0 Å². The van der Waals surface area contributed by atoms with E-state index in [1.165, 1.54) is 0 Å². The molecule has 1 rings (SSSR count). The number of halogens is 3. The topological polar surface area (TPSA) is 104 Å². The average molecular weight is 257 g/mol. The Balaban J connectivity index is 0.000000325. The molecule has 0 radical (unpaired) electrons. The lowest BCUT2D eigenvalue weighted by Crippen LogP contribution is -2.34. The highest BCUT2D eigenvalue weighted by Crippen LogP contribution is 2.13. The molecule has 0 bridgehead atoms. The number of carbonyl (C=O) groups is 3. The van der Waals surface area contributed by atoms with E-state index in [1.54, 1.807) is 6.92 Å². The van der Waals surface area contributed by atoms with Gasteiger partial charge in [-0.25, -0.2) is 4.79 Å². The molecular formula is C8H10F3NO5. The molecule has 17 heavy (non-hydrogen) atoms. The minimum Gasteiger partial charge on any atom is -0.480 e. The molecular weight excluding hydrogens is 247 g/mol. The third-order valence-electron chi connectivity index (χ3n) is 2.01.